The highest BCUT2D eigenvalue weighted by atomic mass is 16.5. The Balaban J connectivity index is 1.86. The second kappa shape index (κ2) is 11.0. The van der Waals surface area contributed by atoms with E-state index in [0.29, 0.717) is 11.5 Å². The summed E-state index contributed by atoms with van der Waals surface area (Å²) in [5.41, 5.74) is 0.579. The quantitative estimate of drug-likeness (QED) is 0.499. The Kier molecular flexibility index (Phi) is 8.39. The smallest absolute Gasteiger partial charge is 0.355 e. The van der Waals surface area contributed by atoms with Gasteiger partial charge in [0.2, 0.25) is 5.91 Å². The van der Waals surface area contributed by atoms with Crippen molar-refractivity contribution in [3.63, 3.8) is 0 Å². The van der Waals surface area contributed by atoms with Crippen molar-refractivity contribution in [2.75, 3.05) is 6.61 Å². The lowest BCUT2D eigenvalue weighted by Gasteiger charge is -2.29. The van der Waals surface area contributed by atoms with Crippen LogP contribution in [0.25, 0.3) is 6.08 Å². The lowest BCUT2D eigenvalue weighted by Crippen LogP contribution is -2.48. The molecule has 2 rings (SSSR count). The van der Waals surface area contributed by atoms with Crippen LogP contribution in [0.2, 0.25) is 0 Å². The van der Waals surface area contributed by atoms with Crippen LogP contribution in [0.4, 0.5) is 4.79 Å². The zero-order chi connectivity index (χ0) is 21.2. The Hall–Kier alpha value is -3.16. The third-order valence-corrected chi connectivity index (χ3v) is 4.66. The Labute approximate surface area is 170 Å². The standard InChI is InChI=1S/C21H27N3O5/c1-14-8-6-7-11-17(14)23-21(28)24-19(26)13-29-20(27)18(22-15(2)25)12-16-9-4-3-5-10-16/h3-5,9-10,12,14,17H,6-8,11,13H2,1-2H3,(H,22,25)(H2,23,24,26,28)/b18-12+. The topological polar surface area (TPSA) is 114 Å². The molecule has 3 N–H and O–H groups in total. The Morgan fingerprint density at radius 1 is 1.07 bits per heavy atom. The van der Waals surface area contributed by atoms with E-state index < -0.39 is 30.4 Å². The van der Waals surface area contributed by atoms with Gasteiger partial charge in [-0.3, -0.25) is 14.9 Å². The van der Waals surface area contributed by atoms with Crippen LogP contribution in [-0.2, 0) is 19.1 Å². The first-order valence-corrected chi connectivity index (χ1v) is 9.67. The van der Waals surface area contributed by atoms with Gasteiger partial charge in [-0.05, 0) is 30.4 Å². The molecule has 0 bridgehead atoms. The molecule has 8 heteroatoms. The van der Waals surface area contributed by atoms with Gasteiger partial charge < -0.3 is 15.4 Å². The number of nitrogens with one attached hydrogen (secondary N) is 3. The van der Waals surface area contributed by atoms with Crippen LogP contribution in [0.1, 0.15) is 45.1 Å². The molecule has 0 spiro atoms. The highest BCUT2D eigenvalue weighted by Crippen LogP contribution is 2.23. The average Bonchev–Trinajstić information content (AvgIpc) is 2.68. The van der Waals surface area contributed by atoms with Crippen molar-refractivity contribution in [3.05, 3.63) is 41.6 Å². The minimum absolute atomic E-state index is 0.0271. The second-order valence-corrected chi connectivity index (χ2v) is 7.12. The Morgan fingerprint density at radius 2 is 1.76 bits per heavy atom. The number of hydrogen-bond acceptors (Lipinski definition) is 5. The lowest BCUT2D eigenvalue weighted by atomic mass is 9.86. The molecule has 2 unspecified atom stereocenters. The number of rotatable bonds is 6. The van der Waals surface area contributed by atoms with E-state index in [4.69, 9.17) is 4.74 Å². The molecule has 8 nitrogen and oxygen atoms in total. The van der Waals surface area contributed by atoms with Gasteiger partial charge in [0.1, 0.15) is 5.70 Å². The predicted octanol–water partition coefficient (Wildman–Crippen LogP) is 2.11. The summed E-state index contributed by atoms with van der Waals surface area (Å²) < 4.78 is 4.94. The number of urea groups is 1. The van der Waals surface area contributed by atoms with Crippen LogP contribution < -0.4 is 16.0 Å². The summed E-state index contributed by atoms with van der Waals surface area (Å²) in [6, 6.07) is 8.29. The number of esters is 1. The molecule has 1 fully saturated rings. The van der Waals surface area contributed by atoms with Crippen molar-refractivity contribution < 1.29 is 23.9 Å². The molecule has 1 saturated carbocycles. The van der Waals surface area contributed by atoms with Crippen molar-refractivity contribution in [1.82, 2.24) is 16.0 Å². The number of amides is 4. The van der Waals surface area contributed by atoms with Gasteiger partial charge in [0, 0.05) is 13.0 Å². The van der Waals surface area contributed by atoms with Gasteiger partial charge in [-0.1, -0.05) is 50.1 Å². The highest BCUT2D eigenvalue weighted by Gasteiger charge is 2.23. The molecule has 156 valence electrons. The van der Waals surface area contributed by atoms with E-state index in [1.807, 2.05) is 6.07 Å². The summed E-state index contributed by atoms with van der Waals surface area (Å²) in [5.74, 6) is -1.72. The van der Waals surface area contributed by atoms with Crippen LogP contribution in [0.5, 0.6) is 0 Å². The van der Waals surface area contributed by atoms with Gasteiger partial charge in [-0.25, -0.2) is 9.59 Å². The van der Waals surface area contributed by atoms with Gasteiger partial charge in [0.15, 0.2) is 6.61 Å². The fourth-order valence-corrected chi connectivity index (χ4v) is 3.16. The molecular formula is C21H27N3O5. The third kappa shape index (κ3) is 7.77. The van der Waals surface area contributed by atoms with E-state index in [2.05, 4.69) is 22.9 Å². The van der Waals surface area contributed by atoms with E-state index in [0.717, 1.165) is 25.7 Å². The van der Waals surface area contributed by atoms with Gasteiger partial charge >= 0.3 is 12.0 Å². The van der Waals surface area contributed by atoms with Crippen LogP contribution in [0, 0.1) is 5.92 Å². The normalized spacial score (nSPS) is 19.0. The summed E-state index contributed by atoms with van der Waals surface area (Å²) in [5, 5.41) is 7.34. The zero-order valence-corrected chi connectivity index (χ0v) is 16.7. The monoisotopic (exact) mass is 401 g/mol. The number of ether oxygens (including phenoxy) is 1. The van der Waals surface area contributed by atoms with Crippen molar-refractivity contribution in [2.45, 2.75) is 45.6 Å². The molecule has 0 saturated heterocycles. The number of hydrogen-bond donors (Lipinski definition) is 3. The fourth-order valence-electron chi connectivity index (χ4n) is 3.16. The summed E-state index contributed by atoms with van der Waals surface area (Å²) in [6.07, 6.45) is 5.54. The summed E-state index contributed by atoms with van der Waals surface area (Å²) >= 11 is 0. The zero-order valence-electron chi connectivity index (χ0n) is 16.7. The van der Waals surface area contributed by atoms with E-state index in [1.54, 1.807) is 24.3 Å². The molecule has 1 aromatic carbocycles. The summed E-state index contributed by atoms with van der Waals surface area (Å²) in [6.45, 7) is 2.68. The minimum Gasteiger partial charge on any atom is -0.451 e. The molecule has 0 aromatic heterocycles. The van der Waals surface area contributed by atoms with Crippen molar-refractivity contribution in [2.24, 2.45) is 5.92 Å². The molecular weight excluding hydrogens is 374 g/mol. The maximum absolute atomic E-state index is 12.2. The first kappa shape index (κ1) is 22.1. The number of imide groups is 1. The molecule has 0 radical (unpaired) electrons. The maximum Gasteiger partial charge on any atom is 0.355 e. The Bertz CT molecular complexity index is 776. The van der Waals surface area contributed by atoms with Gasteiger partial charge in [0.05, 0.1) is 0 Å². The van der Waals surface area contributed by atoms with Crippen LogP contribution in [0.15, 0.2) is 36.0 Å². The van der Waals surface area contributed by atoms with E-state index in [1.165, 1.54) is 13.0 Å². The van der Waals surface area contributed by atoms with E-state index in [9.17, 15) is 19.2 Å². The minimum atomic E-state index is -0.875. The maximum atomic E-state index is 12.2. The van der Waals surface area contributed by atoms with Crippen molar-refractivity contribution >= 4 is 29.9 Å². The molecule has 29 heavy (non-hydrogen) atoms. The Morgan fingerprint density at radius 3 is 2.41 bits per heavy atom. The van der Waals surface area contributed by atoms with E-state index >= 15 is 0 Å². The van der Waals surface area contributed by atoms with Gasteiger partial charge in [0.25, 0.3) is 5.91 Å². The average molecular weight is 401 g/mol. The molecule has 0 aliphatic heterocycles. The number of carbonyl (C=O) groups is 4. The van der Waals surface area contributed by atoms with Crippen LogP contribution in [-0.4, -0.2) is 36.5 Å². The summed E-state index contributed by atoms with van der Waals surface area (Å²) in [7, 11) is 0. The largest absolute Gasteiger partial charge is 0.451 e. The molecule has 2 atom stereocenters. The molecule has 4 amide bonds. The van der Waals surface area contributed by atoms with Crippen molar-refractivity contribution in [1.29, 1.82) is 0 Å². The van der Waals surface area contributed by atoms with Crippen LogP contribution in [0.3, 0.4) is 0 Å². The molecule has 0 heterocycles. The first-order chi connectivity index (χ1) is 13.8. The highest BCUT2D eigenvalue weighted by molar-refractivity contribution is 6.00. The van der Waals surface area contributed by atoms with Gasteiger partial charge in [-0.15, -0.1) is 0 Å². The lowest BCUT2D eigenvalue weighted by molar-refractivity contribution is -0.145. The summed E-state index contributed by atoms with van der Waals surface area (Å²) in [4.78, 5) is 47.5. The van der Waals surface area contributed by atoms with Gasteiger partial charge in [-0.2, -0.15) is 0 Å². The van der Waals surface area contributed by atoms with Crippen molar-refractivity contribution in [3.8, 4) is 0 Å². The molecule has 1 aromatic rings. The molecule has 1 aliphatic rings. The third-order valence-electron chi connectivity index (χ3n) is 4.66. The fraction of sp³-hybridized carbons (Fsp3) is 0.429. The second-order valence-electron chi connectivity index (χ2n) is 7.12. The first-order valence-electron chi connectivity index (χ1n) is 9.67. The van der Waals surface area contributed by atoms with E-state index in [-0.39, 0.29) is 11.7 Å². The SMILES string of the molecule is CC(=O)N/C(=C/c1ccccc1)C(=O)OCC(=O)NC(=O)NC1CCCCC1C. The predicted molar refractivity (Wildman–Crippen MR) is 107 cm³/mol. The number of carbonyl (C=O) groups excluding carboxylic acids is 4. The molecule has 1 aliphatic carbocycles. The van der Waals surface area contributed by atoms with Crippen LogP contribution >= 0.6 is 0 Å². The number of benzene rings is 1.